The molecule has 1 N–H and O–H groups in total. The normalized spacial score (nSPS) is 19.6. The number of nitrogens with zero attached hydrogens (tertiary/aromatic N) is 1. The number of piperidine rings is 1. The van der Waals surface area contributed by atoms with Gasteiger partial charge in [0.15, 0.2) is 0 Å². The number of amides is 1. The number of rotatable bonds is 7. The van der Waals surface area contributed by atoms with E-state index in [2.05, 4.69) is 5.32 Å². The quantitative estimate of drug-likeness (QED) is 0.728. The molecule has 1 rings (SSSR count). The second-order valence-corrected chi connectivity index (χ2v) is 4.83. The van der Waals surface area contributed by atoms with Gasteiger partial charge in [0.05, 0.1) is 18.8 Å². The number of hydrogen-bond donors (Lipinski definition) is 1. The van der Waals surface area contributed by atoms with E-state index in [-0.39, 0.29) is 18.1 Å². The van der Waals surface area contributed by atoms with Gasteiger partial charge < -0.3 is 19.7 Å². The number of nitrogens with one attached hydrogen (secondary N) is 1. The molecule has 0 aromatic carbocycles. The monoisotopic (exact) mass is 258 g/mol. The third-order valence-corrected chi connectivity index (χ3v) is 3.38. The maximum absolute atomic E-state index is 12.1. The smallest absolute Gasteiger partial charge is 0.239 e. The van der Waals surface area contributed by atoms with Gasteiger partial charge in [0, 0.05) is 33.9 Å². The van der Waals surface area contributed by atoms with E-state index in [1.54, 1.807) is 14.2 Å². The van der Waals surface area contributed by atoms with Gasteiger partial charge in [-0.25, -0.2) is 0 Å². The molecule has 0 aliphatic carbocycles. The van der Waals surface area contributed by atoms with Gasteiger partial charge in [-0.15, -0.1) is 0 Å². The Morgan fingerprint density at radius 1 is 1.28 bits per heavy atom. The molecule has 1 fully saturated rings. The molecule has 18 heavy (non-hydrogen) atoms. The van der Waals surface area contributed by atoms with E-state index < -0.39 is 0 Å². The van der Waals surface area contributed by atoms with Crippen LogP contribution in [0.4, 0.5) is 0 Å². The Kier molecular flexibility index (Phi) is 7.23. The molecule has 1 saturated heterocycles. The predicted molar refractivity (Wildman–Crippen MR) is 70.6 cm³/mol. The third-order valence-electron chi connectivity index (χ3n) is 3.38. The zero-order valence-corrected chi connectivity index (χ0v) is 11.8. The van der Waals surface area contributed by atoms with Gasteiger partial charge in [-0.05, 0) is 26.2 Å². The van der Waals surface area contributed by atoms with E-state index in [0.29, 0.717) is 13.2 Å². The summed E-state index contributed by atoms with van der Waals surface area (Å²) in [7, 11) is 3.30. The van der Waals surface area contributed by atoms with Crippen molar-refractivity contribution in [3.8, 4) is 0 Å². The van der Waals surface area contributed by atoms with Crippen molar-refractivity contribution in [2.75, 3.05) is 40.5 Å². The van der Waals surface area contributed by atoms with Crippen LogP contribution < -0.4 is 5.32 Å². The number of methoxy groups -OCH3 is 2. The summed E-state index contributed by atoms with van der Waals surface area (Å²) in [6.07, 6.45) is 3.49. The Morgan fingerprint density at radius 2 is 1.94 bits per heavy atom. The maximum Gasteiger partial charge on any atom is 0.239 e. The van der Waals surface area contributed by atoms with Crippen molar-refractivity contribution < 1.29 is 14.3 Å². The summed E-state index contributed by atoms with van der Waals surface area (Å²) >= 11 is 0. The van der Waals surface area contributed by atoms with E-state index in [4.69, 9.17) is 9.47 Å². The molecule has 5 heteroatoms. The summed E-state index contributed by atoms with van der Waals surface area (Å²) in [4.78, 5) is 14.1. The highest BCUT2D eigenvalue weighted by Crippen LogP contribution is 2.09. The second kappa shape index (κ2) is 8.45. The molecule has 1 heterocycles. The van der Waals surface area contributed by atoms with Crippen LogP contribution in [-0.2, 0) is 14.3 Å². The summed E-state index contributed by atoms with van der Waals surface area (Å²) < 4.78 is 10.3. The first-order chi connectivity index (χ1) is 8.69. The molecular weight excluding hydrogens is 232 g/mol. The molecule has 0 aromatic rings. The zero-order chi connectivity index (χ0) is 13.4. The molecule has 2 atom stereocenters. The molecule has 1 amide bonds. The molecular formula is C13H26N2O3. The van der Waals surface area contributed by atoms with Crippen LogP contribution in [0.25, 0.3) is 0 Å². The fourth-order valence-electron chi connectivity index (χ4n) is 2.18. The summed E-state index contributed by atoms with van der Waals surface area (Å²) in [5, 5.41) is 3.22. The van der Waals surface area contributed by atoms with Crippen LogP contribution in [0.3, 0.4) is 0 Å². The fraction of sp³-hybridized carbons (Fsp3) is 0.923. The SMILES string of the molecule is COCC(CNC(C)C(=O)N1CCCCC1)OC. The van der Waals surface area contributed by atoms with Gasteiger partial charge in [-0.2, -0.15) is 0 Å². The topological polar surface area (TPSA) is 50.8 Å². The maximum atomic E-state index is 12.1. The summed E-state index contributed by atoms with van der Waals surface area (Å²) in [6, 6.07) is -0.155. The highest BCUT2D eigenvalue weighted by molar-refractivity contribution is 5.81. The van der Waals surface area contributed by atoms with Gasteiger partial charge in [0.25, 0.3) is 0 Å². The molecule has 0 radical (unpaired) electrons. The van der Waals surface area contributed by atoms with Gasteiger partial charge in [-0.3, -0.25) is 4.79 Å². The van der Waals surface area contributed by atoms with E-state index in [1.165, 1.54) is 6.42 Å². The minimum Gasteiger partial charge on any atom is -0.382 e. The average molecular weight is 258 g/mol. The lowest BCUT2D eigenvalue weighted by atomic mass is 10.1. The van der Waals surface area contributed by atoms with Crippen LogP contribution >= 0.6 is 0 Å². The summed E-state index contributed by atoms with van der Waals surface area (Å²) in [6.45, 7) is 4.88. The van der Waals surface area contributed by atoms with Gasteiger partial charge >= 0.3 is 0 Å². The van der Waals surface area contributed by atoms with Crippen LogP contribution in [0.5, 0.6) is 0 Å². The fourth-order valence-corrected chi connectivity index (χ4v) is 2.18. The lowest BCUT2D eigenvalue weighted by molar-refractivity contribution is -0.134. The Morgan fingerprint density at radius 3 is 2.50 bits per heavy atom. The van der Waals surface area contributed by atoms with Crippen molar-refractivity contribution >= 4 is 5.91 Å². The lowest BCUT2D eigenvalue weighted by Gasteiger charge is -2.30. The number of carbonyl (C=O) groups excluding carboxylic acids is 1. The molecule has 0 bridgehead atoms. The van der Waals surface area contributed by atoms with Gasteiger partial charge in [0.2, 0.25) is 5.91 Å². The minimum atomic E-state index is -0.155. The van der Waals surface area contributed by atoms with Crippen LogP contribution in [-0.4, -0.2) is 63.4 Å². The van der Waals surface area contributed by atoms with Crippen molar-refractivity contribution in [1.29, 1.82) is 0 Å². The summed E-state index contributed by atoms with van der Waals surface area (Å²) in [5.74, 6) is 0.196. The van der Waals surface area contributed by atoms with Crippen LogP contribution in [0.2, 0.25) is 0 Å². The van der Waals surface area contributed by atoms with E-state index >= 15 is 0 Å². The Bertz CT molecular complexity index is 242. The van der Waals surface area contributed by atoms with E-state index in [0.717, 1.165) is 25.9 Å². The van der Waals surface area contributed by atoms with Crippen LogP contribution in [0, 0.1) is 0 Å². The minimum absolute atomic E-state index is 0.00777. The second-order valence-electron chi connectivity index (χ2n) is 4.83. The van der Waals surface area contributed by atoms with Crippen molar-refractivity contribution in [2.45, 2.75) is 38.3 Å². The Balaban J connectivity index is 2.29. The average Bonchev–Trinajstić information content (AvgIpc) is 2.43. The number of carbonyl (C=O) groups is 1. The molecule has 0 spiro atoms. The molecule has 0 saturated carbocycles. The first kappa shape index (κ1) is 15.4. The van der Waals surface area contributed by atoms with E-state index in [9.17, 15) is 4.79 Å². The van der Waals surface area contributed by atoms with Gasteiger partial charge in [-0.1, -0.05) is 0 Å². The molecule has 106 valence electrons. The lowest BCUT2D eigenvalue weighted by Crippen LogP contribution is -2.48. The van der Waals surface area contributed by atoms with Crippen molar-refractivity contribution in [3.63, 3.8) is 0 Å². The molecule has 5 nitrogen and oxygen atoms in total. The third kappa shape index (κ3) is 4.92. The standard InChI is InChI=1S/C13H26N2O3/c1-11(14-9-12(18-3)10-17-2)13(16)15-7-5-4-6-8-15/h11-12,14H,4-10H2,1-3H3. The first-order valence-corrected chi connectivity index (χ1v) is 6.73. The molecule has 1 aliphatic heterocycles. The predicted octanol–water partition coefficient (Wildman–Crippen LogP) is 0.638. The zero-order valence-electron chi connectivity index (χ0n) is 11.8. The molecule has 2 unspecified atom stereocenters. The van der Waals surface area contributed by atoms with Crippen LogP contribution in [0.1, 0.15) is 26.2 Å². The van der Waals surface area contributed by atoms with Crippen molar-refractivity contribution in [2.24, 2.45) is 0 Å². The highest BCUT2D eigenvalue weighted by atomic mass is 16.5. The van der Waals surface area contributed by atoms with Gasteiger partial charge in [0.1, 0.15) is 0 Å². The highest BCUT2D eigenvalue weighted by Gasteiger charge is 2.22. The van der Waals surface area contributed by atoms with Crippen molar-refractivity contribution in [1.82, 2.24) is 10.2 Å². The first-order valence-electron chi connectivity index (χ1n) is 6.73. The number of ether oxygens (including phenoxy) is 2. The number of hydrogen-bond acceptors (Lipinski definition) is 4. The molecule has 1 aliphatic rings. The summed E-state index contributed by atoms with van der Waals surface area (Å²) in [5.41, 5.74) is 0. The largest absolute Gasteiger partial charge is 0.382 e. The molecule has 0 aromatic heterocycles. The van der Waals surface area contributed by atoms with Crippen LogP contribution in [0.15, 0.2) is 0 Å². The number of likely N-dealkylation sites (tertiary alicyclic amines) is 1. The Labute approximate surface area is 110 Å². The van der Waals surface area contributed by atoms with E-state index in [1.807, 2.05) is 11.8 Å². The van der Waals surface area contributed by atoms with Crippen molar-refractivity contribution in [3.05, 3.63) is 0 Å². The Hall–Kier alpha value is -0.650.